The molecule has 0 atom stereocenters. The summed E-state index contributed by atoms with van der Waals surface area (Å²) in [5, 5.41) is 0. The fourth-order valence-electron chi connectivity index (χ4n) is 5.96. The van der Waals surface area contributed by atoms with Crippen molar-refractivity contribution in [1.29, 1.82) is 0 Å². The molecule has 0 aliphatic heterocycles. The Morgan fingerprint density at radius 3 is 1.36 bits per heavy atom. The number of rotatable bonds is 9. The first-order valence-corrected chi connectivity index (χ1v) is 16.6. The maximum Gasteiger partial charge on any atom is 0.0201 e. The van der Waals surface area contributed by atoms with Gasteiger partial charge in [-0.1, -0.05) is 164 Å². The SMILES string of the molecule is C=CC(=C)c1cc(-c2cccc(-c3ccccc3)c2)cc(-c2cccc(-c3ccccc3Sc3ccccc3-c3ccccc3)c2)c1. The van der Waals surface area contributed by atoms with Gasteiger partial charge in [-0.3, -0.25) is 0 Å². The van der Waals surface area contributed by atoms with E-state index in [1.165, 1.54) is 48.7 Å². The van der Waals surface area contributed by atoms with Crippen LogP contribution in [0.1, 0.15) is 5.56 Å². The number of hydrogen-bond donors (Lipinski definition) is 0. The third-order valence-corrected chi connectivity index (χ3v) is 9.59. The van der Waals surface area contributed by atoms with Crippen molar-refractivity contribution in [2.75, 3.05) is 0 Å². The lowest BCUT2D eigenvalue weighted by molar-refractivity contribution is 1.39. The van der Waals surface area contributed by atoms with Gasteiger partial charge >= 0.3 is 0 Å². The van der Waals surface area contributed by atoms with Crippen molar-refractivity contribution in [1.82, 2.24) is 0 Å². The molecule has 1 heteroatoms. The van der Waals surface area contributed by atoms with Crippen LogP contribution in [-0.4, -0.2) is 0 Å². The Morgan fingerprint density at radius 2 is 0.787 bits per heavy atom. The average Bonchev–Trinajstić information content (AvgIpc) is 3.15. The van der Waals surface area contributed by atoms with Gasteiger partial charge in [-0.05, 0) is 109 Å². The van der Waals surface area contributed by atoms with Gasteiger partial charge in [-0.25, -0.2) is 0 Å². The molecule has 0 heterocycles. The van der Waals surface area contributed by atoms with Crippen LogP contribution in [0.3, 0.4) is 0 Å². The van der Waals surface area contributed by atoms with E-state index in [4.69, 9.17) is 0 Å². The highest BCUT2D eigenvalue weighted by Crippen LogP contribution is 2.41. The van der Waals surface area contributed by atoms with Crippen molar-refractivity contribution in [2.24, 2.45) is 0 Å². The van der Waals surface area contributed by atoms with Crippen LogP contribution >= 0.6 is 11.8 Å². The van der Waals surface area contributed by atoms with E-state index in [-0.39, 0.29) is 0 Å². The molecule has 0 saturated carbocycles. The molecule has 0 bridgehead atoms. The van der Waals surface area contributed by atoms with E-state index in [2.05, 4.69) is 189 Å². The van der Waals surface area contributed by atoms with Gasteiger partial charge in [-0.15, -0.1) is 0 Å². The number of hydrogen-bond acceptors (Lipinski definition) is 1. The third-order valence-electron chi connectivity index (χ3n) is 8.44. The summed E-state index contributed by atoms with van der Waals surface area (Å²) in [6.45, 7) is 8.32. The van der Waals surface area contributed by atoms with Crippen molar-refractivity contribution >= 4 is 17.3 Å². The highest BCUT2D eigenvalue weighted by molar-refractivity contribution is 7.99. The highest BCUT2D eigenvalue weighted by Gasteiger charge is 2.13. The molecule has 0 radical (unpaired) electrons. The fraction of sp³-hybridized carbons (Fsp3) is 0. The molecule has 7 rings (SSSR count). The van der Waals surface area contributed by atoms with E-state index >= 15 is 0 Å². The van der Waals surface area contributed by atoms with Crippen LogP contribution in [0, 0.1) is 0 Å². The molecule has 0 aromatic heterocycles. The van der Waals surface area contributed by atoms with Crippen molar-refractivity contribution < 1.29 is 0 Å². The minimum Gasteiger partial charge on any atom is -0.0985 e. The molecule has 0 saturated heterocycles. The molecule has 0 aliphatic carbocycles. The van der Waals surface area contributed by atoms with Gasteiger partial charge in [0.05, 0.1) is 0 Å². The quantitative estimate of drug-likeness (QED) is 0.145. The molecule has 0 nitrogen and oxygen atoms in total. The van der Waals surface area contributed by atoms with E-state index in [1.807, 2.05) is 17.8 Å². The molecule has 0 amide bonds. The summed E-state index contributed by atoms with van der Waals surface area (Å²) in [6.07, 6.45) is 1.83. The molecule has 224 valence electrons. The predicted molar refractivity (Wildman–Crippen MR) is 203 cm³/mol. The molecule has 0 aliphatic rings. The zero-order valence-electron chi connectivity index (χ0n) is 26.1. The van der Waals surface area contributed by atoms with Crippen LogP contribution < -0.4 is 0 Å². The largest absolute Gasteiger partial charge is 0.0985 e. The Morgan fingerprint density at radius 1 is 0.383 bits per heavy atom. The summed E-state index contributed by atoms with van der Waals surface area (Å²) in [5.41, 5.74) is 13.9. The lowest BCUT2D eigenvalue weighted by Gasteiger charge is -2.15. The maximum absolute atomic E-state index is 4.30. The summed E-state index contributed by atoms with van der Waals surface area (Å²) in [4.78, 5) is 2.46. The van der Waals surface area contributed by atoms with Gasteiger partial charge in [0.2, 0.25) is 0 Å². The second kappa shape index (κ2) is 13.8. The lowest BCUT2D eigenvalue weighted by Crippen LogP contribution is -1.89. The van der Waals surface area contributed by atoms with Gasteiger partial charge in [0.1, 0.15) is 0 Å². The summed E-state index contributed by atoms with van der Waals surface area (Å²) in [7, 11) is 0. The molecule has 0 N–H and O–H groups in total. The topological polar surface area (TPSA) is 0 Å². The Hall–Kier alpha value is -5.63. The van der Waals surface area contributed by atoms with Gasteiger partial charge in [0.15, 0.2) is 0 Å². The molecule has 7 aromatic carbocycles. The molecular formula is C46H34S. The van der Waals surface area contributed by atoms with Crippen molar-refractivity contribution in [3.05, 3.63) is 201 Å². The summed E-state index contributed by atoms with van der Waals surface area (Å²) in [5.74, 6) is 0. The van der Waals surface area contributed by atoms with Crippen molar-refractivity contribution in [3.8, 4) is 55.6 Å². The van der Waals surface area contributed by atoms with Crippen LogP contribution in [0.2, 0.25) is 0 Å². The van der Waals surface area contributed by atoms with Crippen LogP contribution in [0.15, 0.2) is 205 Å². The predicted octanol–water partition coefficient (Wildman–Crippen LogP) is 13.4. The van der Waals surface area contributed by atoms with E-state index < -0.39 is 0 Å². The Balaban J connectivity index is 1.28. The van der Waals surface area contributed by atoms with Crippen LogP contribution in [-0.2, 0) is 0 Å². The van der Waals surface area contributed by atoms with E-state index in [0.717, 1.165) is 27.8 Å². The van der Waals surface area contributed by atoms with Crippen LogP contribution in [0.4, 0.5) is 0 Å². The maximum atomic E-state index is 4.30. The second-order valence-corrected chi connectivity index (χ2v) is 12.6. The first-order valence-electron chi connectivity index (χ1n) is 15.8. The van der Waals surface area contributed by atoms with Crippen LogP contribution in [0.5, 0.6) is 0 Å². The van der Waals surface area contributed by atoms with Crippen LogP contribution in [0.25, 0.3) is 61.2 Å². The van der Waals surface area contributed by atoms with Crippen molar-refractivity contribution in [3.63, 3.8) is 0 Å². The summed E-state index contributed by atoms with van der Waals surface area (Å²) >= 11 is 1.82. The third kappa shape index (κ3) is 6.67. The first kappa shape index (κ1) is 30.0. The molecule has 0 spiro atoms. The number of benzene rings is 7. The minimum atomic E-state index is 0.905. The molecule has 47 heavy (non-hydrogen) atoms. The van der Waals surface area contributed by atoms with Crippen molar-refractivity contribution in [2.45, 2.75) is 9.79 Å². The summed E-state index contributed by atoms with van der Waals surface area (Å²) < 4.78 is 0. The fourth-order valence-corrected chi connectivity index (χ4v) is 7.09. The smallest absolute Gasteiger partial charge is 0.0201 e. The van der Waals surface area contributed by atoms with Gasteiger partial charge < -0.3 is 0 Å². The Kier molecular flexibility index (Phi) is 8.81. The lowest BCUT2D eigenvalue weighted by atomic mass is 9.91. The van der Waals surface area contributed by atoms with Gasteiger partial charge in [0, 0.05) is 9.79 Å². The molecule has 0 unspecified atom stereocenters. The highest BCUT2D eigenvalue weighted by atomic mass is 32.2. The van der Waals surface area contributed by atoms with E-state index in [1.54, 1.807) is 0 Å². The van der Waals surface area contributed by atoms with E-state index in [0.29, 0.717) is 0 Å². The molecule has 7 aromatic rings. The molecule has 0 fully saturated rings. The minimum absolute atomic E-state index is 0.905. The zero-order valence-corrected chi connectivity index (χ0v) is 27.0. The summed E-state index contributed by atoms with van der Waals surface area (Å²) in [6, 6.07) is 62.9. The standard InChI is InChI=1S/C46H34S/c1-3-33(2)40-30-41(37-21-14-20-36(28-37)34-16-6-4-7-17-34)32-42(31-40)38-22-15-23-39(29-38)44-25-11-13-27-46(44)47-45-26-12-10-24-43(45)35-18-8-5-9-19-35/h3-32H,1-2H2. The first-order chi connectivity index (χ1) is 23.2. The zero-order chi connectivity index (χ0) is 32.0. The Labute approximate surface area is 282 Å². The van der Waals surface area contributed by atoms with Gasteiger partial charge in [0.25, 0.3) is 0 Å². The number of allylic oxidation sites excluding steroid dienone is 2. The van der Waals surface area contributed by atoms with Gasteiger partial charge in [-0.2, -0.15) is 0 Å². The molecular weight excluding hydrogens is 585 g/mol. The second-order valence-electron chi connectivity index (χ2n) is 11.5. The average molecular weight is 619 g/mol. The normalized spacial score (nSPS) is 10.8. The van der Waals surface area contributed by atoms with E-state index in [9.17, 15) is 0 Å². The monoisotopic (exact) mass is 618 g/mol. The Bertz CT molecular complexity index is 2190.